The number of benzene rings is 2. The first kappa shape index (κ1) is 8.48. The standard InChI is InChI=1S/C13H9FO/c1-8-3-2-4-11-13(8)10-6-5-9(14)7-12(10)15-11/h2-7H,1H3. The Kier molecular flexibility index (Phi) is 1.60. The summed E-state index contributed by atoms with van der Waals surface area (Å²) in [6.07, 6.45) is 0. The van der Waals surface area contributed by atoms with Crippen LogP contribution < -0.4 is 0 Å². The maximum atomic E-state index is 13.0. The summed E-state index contributed by atoms with van der Waals surface area (Å²) >= 11 is 0. The number of hydrogen-bond donors (Lipinski definition) is 0. The summed E-state index contributed by atoms with van der Waals surface area (Å²) in [5.74, 6) is -0.265. The van der Waals surface area contributed by atoms with Crippen molar-refractivity contribution in [2.45, 2.75) is 6.92 Å². The fourth-order valence-corrected chi connectivity index (χ4v) is 1.98. The van der Waals surface area contributed by atoms with Crippen LogP contribution in [0.3, 0.4) is 0 Å². The zero-order chi connectivity index (χ0) is 10.4. The van der Waals surface area contributed by atoms with Crippen LogP contribution in [0.25, 0.3) is 21.9 Å². The van der Waals surface area contributed by atoms with Gasteiger partial charge in [0.15, 0.2) is 0 Å². The lowest BCUT2D eigenvalue weighted by Crippen LogP contribution is -1.74. The fraction of sp³-hybridized carbons (Fsp3) is 0.0769. The van der Waals surface area contributed by atoms with Crippen LogP contribution in [-0.4, -0.2) is 0 Å². The molecule has 3 aromatic rings. The van der Waals surface area contributed by atoms with E-state index >= 15 is 0 Å². The van der Waals surface area contributed by atoms with Crippen molar-refractivity contribution in [3.63, 3.8) is 0 Å². The molecule has 1 nitrogen and oxygen atoms in total. The van der Waals surface area contributed by atoms with Gasteiger partial charge in [-0.1, -0.05) is 12.1 Å². The molecule has 0 N–H and O–H groups in total. The topological polar surface area (TPSA) is 13.1 Å². The Morgan fingerprint density at radius 2 is 1.93 bits per heavy atom. The third-order valence-corrected chi connectivity index (χ3v) is 2.67. The van der Waals surface area contributed by atoms with Gasteiger partial charge >= 0.3 is 0 Å². The van der Waals surface area contributed by atoms with Crippen LogP contribution in [0.15, 0.2) is 40.8 Å². The molecule has 0 fully saturated rings. The van der Waals surface area contributed by atoms with Gasteiger partial charge in [-0.15, -0.1) is 0 Å². The van der Waals surface area contributed by atoms with Crippen LogP contribution in [0, 0.1) is 12.7 Å². The molecule has 3 rings (SSSR count). The Bertz CT molecular complexity index is 652. The minimum atomic E-state index is -0.265. The second-order valence-electron chi connectivity index (χ2n) is 3.69. The molecule has 2 aromatic carbocycles. The van der Waals surface area contributed by atoms with Crippen molar-refractivity contribution >= 4 is 21.9 Å². The molecule has 2 heteroatoms. The van der Waals surface area contributed by atoms with E-state index < -0.39 is 0 Å². The summed E-state index contributed by atoms with van der Waals surface area (Å²) in [5, 5.41) is 2.05. The van der Waals surface area contributed by atoms with E-state index in [0.29, 0.717) is 5.58 Å². The van der Waals surface area contributed by atoms with Crippen molar-refractivity contribution in [3.8, 4) is 0 Å². The van der Waals surface area contributed by atoms with E-state index in [1.165, 1.54) is 12.1 Å². The van der Waals surface area contributed by atoms with Crippen LogP contribution in [-0.2, 0) is 0 Å². The molecule has 74 valence electrons. The number of fused-ring (bicyclic) bond motifs is 3. The molecule has 0 unspecified atom stereocenters. The van der Waals surface area contributed by atoms with Crippen LogP contribution >= 0.6 is 0 Å². The molecule has 0 atom stereocenters. The highest BCUT2D eigenvalue weighted by atomic mass is 19.1. The van der Waals surface area contributed by atoms with Crippen LogP contribution in [0.1, 0.15) is 5.56 Å². The molecule has 0 amide bonds. The van der Waals surface area contributed by atoms with Crippen molar-refractivity contribution in [1.29, 1.82) is 0 Å². The summed E-state index contributed by atoms with van der Waals surface area (Å²) in [6.45, 7) is 2.03. The van der Waals surface area contributed by atoms with Crippen molar-refractivity contribution in [2.24, 2.45) is 0 Å². The van der Waals surface area contributed by atoms with E-state index in [1.807, 2.05) is 25.1 Å². The summed E-state index contributed by atoms with van der Waals surface area (Å²) in [5.41, 5.74) is 2.58. The summed E-state index contributed by atoms with van der Waals surface area (Å²) < 4.78 is 18.6. The summed E-state index contributed by atoms with van der Waals surface area (Å²) in [4.78, 5) is 0. The van der Waals surface area contributed by atoms with Gasteiger partial charge in [-0.25, -0.2) is 4.39 Å². The van der Waals surface area contributed by atoms with Crippen LogP contribution in [0.4, 0.5) is 4.39 Å². The highest BCUT2D eigenvalue weighted by Gasteiger charge is 2.08. The molecule has 0 spiro atoms. The minimum Gasteiger partial charge on any atom is -0.456 e. The van der Waals surface area contributed by atoms with E-state index in [4.69, 9.17) is 4.42 Å². The molecule has 0 aliphatic rings. The monoisotopic (exact) mass is 200 g/mol. The smallest absolute Gasteiger partial charge is 0.138 e. The van der Waals surface area contributed by atoms with Crippen LogP contribution in [0.5, 0.6) is 0 Å². The second-order valence-corrected chi connectivity index (χ2v) is 3.69. The maximum Gasteiger partial charge on any atom is 0.138 e. The largest absolute Gasteiger partial charge is 0.456 e. The first-order valence-corrected chi connectivity index (χ1v) is 4.83. The third-order valence-electron chi connectivity index (χ3n) is 2.67. The highest BCUT2D eigenvalue weighted by Crippen LogP contribution is 2.31. The Morgan fingerprint density at radius 3 is 2.80 bits per heavy atom. The third kappa shape index (κ3) is 1.14. The van der Waals surface area contributed by atoms with E-state index in [0.717, 1.165) is 21.9 Å². The predicted molar refractivity (Wildman–Crippen MR) is 58.4 cm³/mol. The first-order valence-electron chi connectivity index (χ1n) is 4.83. The molecule has 1 heterocycles. The van der Waals surface area contributed by atoms with Crippen molar-refractivity contribution in [3.05, 3.63) is 47.8 Å². The minimum absolute atomic E-state index is 0.265. The van der Waals surface area contributed by atoms with Gasteiger partial charge in [0.25, 0.3) is 0 Å². The molecule has 0 aliphatic heterocycles. The Morgan fingerprint density at radius 1 is 1.07 bits per heavy atom. The number of hydrogen-bond acceptors (Lipinski definition) is 1. The Hall–Kier alpha value is -1.83. The van der Waals surface area contributed by atoms with Crippen molar-refractivity contribution < 1.29 is 8.81 Å². The molecule has 0 saturated carbocycles. The Balaban J connectivity index is 2.59. The van der Waals surface area contributed by atoms with E-state index in [9.17, 15) is 4.39 Å². The molecule has 1 aromatic heterocycles. The highest BCUT2D eigenvalue weighted by molar-refractivity contribution is 6.06. The van der Waals surface area contributed by atoms with Crippen molar-refractivity contribution in [2.75, 3.05) is 0 Å². The van der Waals surface area contributed by atoms with Gasteiger partial charge in [0.1, 0.15) is 17.0 Å². The van der Waals surface area contributed by atoms with E-state index in [1.54, 1.807) is 6.07 Å². The summed E-state index contributed by atoms with van der Waals surface area (Å²) in [6, 6.07) is 10.5. The molecular formula is C13H9FO. The quantitative estimate of drug-likeness (QED) is 0.534. The van der Waals surface area contributed by atoms with Gasteiger partial charge in [-0.3, -0.25) is 0 Å². The van der Waals surface area contributed by atoms with Gasteiger partial charge in [0.05, 0.1) is 0 Å². The Labute approximate surface area is 86.1 Å². The lowest BCUT2D eigenvalue weighted by Gasteiger charge is -1.93. The molecule has 0 radical (unpaired) electrons. The lowest BCUT2D eigenvalue weighted by atomic mass is 10.1. The predicted octanol–water partition coefficient (Wildman–Crippen LogP) is 4.03. The van der Waals surface area contributed by atoms with Gasteiger partial charge in [0.2, 0.25) is 0 Å². The average molecular weight is 200 g/mol. The zero-order valence-electron chi connectivity index (χ0n) is 8.25. The van der Waals surface area contributed by atoms with Gasteiger partial charge in [-0.05, 0) is 30.7 Å². The molecule has 0 aliphatic carbocycles. The number of halogens is 1. The zero-order valence-corrected chi connectivity index (χ0v) is 8.25. The SMILES string of the molecule is Cc1cccc2oc3cc(F)ccc3c12. The van der Waals surface area contributed by atoms with Gasteiger partial charge in [0, 0.05) is 16.8 Å². The van der Waals surface area contributed by atoms with Crippen LogP contribution in [0.2, 0.25) is 0 Å². The first-order chi connectivity index (χ1) is 7.25. The maximum absolute atomic E-state index is 13.0. The molecule has 0 saturated heterocycles. The number of furan rings is 1. The molecular weight excluding hydrogens is 191 g/mol. The number of aryl methyl sites for hydroxylation is 1. The summed E-state index contributed by atoms with van der Waals surface area (Å²) in [7, 11) is 0. The van der Waals surface area contributed by atoms with E-state index in [2.05, 4.69) is 0 Å². The molecule has 15 heavy (non-hydrogen) atoms. The number of rotatable bonds is 0. The normalized spacial score (nSPS) is 11.3. The lowest BCUT2D eigenvalue weighted by molar-refractivity contribution is 0.618. The van der Waals surface area contributed by atoms with Crippen molar-refractivity contribution in [1.82, 2.24) is 0 Å². The van der Waals surface area contributed by atoms with E-state index in [-0.39, 0.29) is 5.82 Å². The average Bonchev–Trinajstić information content (AvgIpc) is 2.56. The van der Waals surface area contributed by atoms with Gasteiger partial charge < -0.3 is 4.42 Å². The fourth-order valence-electron chi connectivity index (χ4n) is 1.98. The van der Waals surface area contributed by atoms with Gasteiger partial charge in [-0.2, -0.15) is 0 Å². The molecule has 0 bridgehead atoms. The second kappa shape index (κ2) is 2.83.